The van der Waals surface area contributed by atoms with Crippen molar-refractivity contribution in [1.29, 1.82) is 0 Å². The lowest BCUT2D eigenvalue weighted by molar-refractivity contribution is -0.131. The Morgan fingerprint density at radius 3 is 2.62 bits per heavy atom. The van der Waals surface area contributed by atoms with Crippen molar-refractivity contribution in [1.82, 2.24) is 14.9 Å². The summed E-state index contributed by atoms with van der Waals surface area (Å²) in [4.78, 5) is 23.3. The van der Waals surface area contributed by atoms with E-state index in [0.29, 0.717) is 18.7 Å². The minimum atomic E-state index is 0.0178. The van der Waals surface area contributed by atoms with E-state index in [4.69, 9.17) is 9.15 Å². The summed E-state index contributed by atoms with van der Waals surface area (Å²) in [6.07, 6.45) is 8.89. The molecule has 146 valence electrons. The van der Waals surface area contributed by atoms with Gasteiger partial charge < -0.3 is 14.1 Å². The molecule has 3 heterocycles. The second-order valence-electron chi connectivity index (χ2n) is 6.77. The minimum absolute atomic E-state index is 0.0178. The van der Waals surface area contributed by atoms with Crippen LogP contribution < -0.4 is 4.74 Å². The molecule has 0 radical (unpaired) electrons. The van der Waals surface area contributed by atoms with Crippen LogP contribution in [0, 0.1) is 0 Å². The molecule has 0 fully saturated rings. The second kappa shape index (κ2) is 8.56. The Bertz CT molecular complexity index is 1050. The summed E-state index contributed by atoms with van der Waals surface area (Å²) in [6.45, 7) is 0.985. The maximum atomic E-state index is 13.2. The average molecular weight is 387 g/mol. The van der Waals surface area contributed by atoms with Gasteiger partial charge in [0.25, 0.3) is 0 Å². The summed E-state index contributed by atoms with van der Waals surface area (Å²) in [5.74, 6) is 0.741. The molecule has 3 aromatic heterocycles. The average Bonchev–Trinajstić information content (AvgIpc) is 3.16. The van der Waals surface area contributed by atoms with Gasteiger partial charge in [0.05, 0.1) is 19.8 Å². The zero-order valence-electron chi connectivity index (χ0n) is 16.1. The number of carbonyl (C=O) groups is 1. The van der Waals surface area contributed by atoms with Gasteiger partial charge in [-0.05, 0) is 41.5 Å². The standard InChI is InChI=1S/C23H21N3O3/c1-28-20-4-5-21-19(16-29-22(21)12-20)11-23(27)26(14-17-6-9-24-10-7-17)15-18-3-2-8-25-13-18/h2-10,12-13,16H,11,14-15H2,1H3. The summed E-state index contributed by atoms with van der Waals surface area (Å²) in [5.41, 5.74) is 3.58. The molecule has 0 atom stereocenters. The number of furan rings is 1. The third kappa shape index (κ3) is 4.43. The summed E-state index contributed by atoms with van der Waals surface area (Å²) in [6, 6.07) is 13.3. The lowest BCUT2D eigenvalue weighted by Gasteiger charge is -2.23. The van der Waals surface area contributed by atoms with E-state index in [1.165, 1.54) is 0 Å². The molecule has 0 aliphatic heterocycles. The van der Waals surface area contributed by atoms with Gasteiger partial charge >= 0.3 is 0 Å². The Morgan fingerprint density at radius 2 is 1.86 bits per heavy atom. The van der Waals surface area contributed by atoms with Crippen LogP contribution >= 0.6 is 0 Å². The fourth-order valence-electron chi connectivity index (χ4n) is 3.26. The van der Waals surface area contributed by atoms with Crippen molar-refractivity contribution in [3.8, 4) is 5.75 Å². The maximum Gasteiger partial charge on any atom is 0.227 e. The van der Waals surface area contributed by atoms with E-state index in [0.717, 1.165) is 27.8 Å². The third-order valence-electron chi connectivity index (χ3n) is 4.78. The number of pyridine rings is 2. The minimum Gasteiger partial charge on any atom is -0.497 e. The van der Waals surface area contributed by atoms with Gasteiger partial charge in [0.15, 0.2) is 0 Å². The molecule has 6 nitrogen and oxygen atoms in total. The van der Waals surface area contributed by atoms with E-state index in [2.05, 4.69) is 9.97 Å². The van der Waals surface area contributed by atoms with Crippen molar-refractivity contribution in [2.75, 3.05) is 7.11 Å². The molecule has 6 heteroatoms. The van der Waals surface area contributed by atoms with Gasteiger partial charge in [-0.25, -0.2) is 0 Å². The topological polar surface area (TPSA) is 68.5 Å². The fraction of sp³-hybridized carbons (Fsp3) is 0.174. The normalized spacial score (nSPS) is 10.8. The molecule has 1 amide bonds. The van der Waals surface area contributed by atoms with Crippen LogP contribution in [0.25, 0.3) is 11.0 Å². The summed E-state index contributed by atoms with van der Waals surface area (Å²) in [7, 11) is 1.62. The molecule has 4 aromatic rings. The predicted octanol–water partition coefficient (Wildman–Crippen LogP) is 4.00. The molecule has 0 aliphatic carbocycles. The number of hydrogen-bond donors (Lipinski definition) is 0. The maximum absolute atomic E-state index is 13.2. The molecule has 0 spiro atoms. The van der Waals surface area contributed by atoms with E-state index in [1.54, 1.807) is 38.2 Å². The van der Waals surface area contributed by atoms with Gasteiger partial charge in [-0.1, -0.05) is 6.07 Å². The highest BCUT2D eigenvalue weighted by Crippen LogP contribution is 2.26. The van der Waals surface area contributed by atoms with Crippen molar-refractivity contribution in [2.45, 2.75) is 19.5 Å². The van der Waals surface area contributed by atoms with E-state index in [9.17, 15) is 4.79 Å². The number of rotatable bonds is 7. The number of ether oxygens (including phenoxy) is 1. The molecule has 0 bridgehead atoms. The van der Waals surface area contributed by atoms with Crippen LogP contribution in [-0.4, -0.2) is 27.9 Å². The summed E-state index contributed by atoms with van der Waals surface area (Å²) >= 11 is 0. The molecular weight excluding hydrogens is 366 g/mol. The largest absolute Gasteiger partial charge is 0.497 e. The quantitative estimate of drug-likeness (QED) is 0.479. The highest BCUT2D eigenvalue weighted by Gasteiger charge is 2.18. The molecule has 0 saturated heterocycles. The van der Waals surface area contributed by atoms with Crippen LogP contribution in [0.1, 0.15) is 16.7 Å². The Balaban J connectivity index is 1.57. The first-order chi connectivity index (χ1) is 14.2. The number of methoxy groups -OCH3 is 1. The number of benzene rings is 1. The molecule has 1 aromatic carbocycles. The number of nitrogens with zero attached hydrogens (tertiary/aromatic N) is 3. The van der Waals surface area contributed by atoms with Crippen LogP contribution in [0.4, 0.5) is 0 Å². The van der Waals surface area contributed by atoms with E-state index >= 15 is 0 Å². The van der Waals surface area contributed by atoms with E-state index < -0.39 is 0 Å². The number of carbonyl (C=O) groups excluding carboxylic acids is 1. The zero-order chi connectivity index (χ0) is 20.1. The highest BCUT2D eigenvalue weighted by molar-refractivity contribution is 5.88. The second-order valence-corrected chi connectivity index (χ2v) is 6.77. The van der Waals surface area contributed by atoms with Crippen molar-refractivity contribution in [2.24, 2.45) is 0 Å². The van der Waals surface area contributed by atoms with Gasteiger partial charge in [0.2, 0.25) is 5.91 Å². The lowest BCUT2D eigenvalue weighted by Crippen LogP contribution is -2.31. The summed E-state index contributed by atoms with van der Waals surface area (Å²) < 4.78 is 10.9. The fourth-order valence-corrected chi connectivity index (χ4v) is 3.26. The van der Waals surface area contributed by atoms with Gasteiger partial charge in [0, 0.05) is 54.9 Å². The van der Waals surface area contributed by atoms with E-state index in [-0.39, 0.29) is 12.3 Å². The van der Waals surface area contributed by atoms with Crippen LogP contribution in [0.2, 0.25) is 0 Å². The predicted molar refractivity (Wildman–Crippen MR) is 109 cm³/mol. The number of hydrogen-bond acceptors (Lipinski definition) is 5. The van der Waals surface area contributed by atoms with Gasteiger partial charge in [-0.2, -0.15) is 0 Å². The lowest BCUT2D eigenvalue weighted by atomic mass is 10.1. The Morgan fingerprint density at radius 1 is 1.03 bits per heavy atom. The Hall–Kier alpha value is -3.67. The number of aromatic nitrogens is 2. The van der Waals surface area contributed by atoms with Crippen molar-refractivity contribution >= 4 is 16.9 Å². The Labute approximate surface area is 168 Å². The van der Waals surface area contributed by atoms with Crippen molar-refractivity contribution < 1.29 is 13.9 Å². The van der Waals surface area contributed by atoms with E-state index in [1.807, 2.05) is 47.4 Å². The molecule has 0 N–H and O–H groups in total. The molecule has 4 rings (SSSR count). The third-order valence-corrected chi connectivity index (χ3v) is 4.78. The smallest absolute Gasteiger partial charge is 0.227 e. The van der Waals surface area contributed by atoms with Crippen molar-refractivity contribution in [3.63, 3.8) is 0 Å². The van der Waals surface area contributed by atoms with Crippen LogP contribution in [0.15, 0.2) is 77.9 Å². The monoisotopic (exact) mass is 387 g/mol. The van der Waals surface area contributed by atoms with Gasteiger partial charge in [0.1, 0.15) is 11.3 Å². The van der Waals surface area contributed by atoms with Crippen molar-refractivity contribution in [3.05, 3.63) is 90.2 Å². The molecule has 0 saturated carbocycles. The molecule has 0 unspecified atom stereocenters. The summed E-state index contributed by atoms with van der Waals surface area (Å²) in [5, 5.41) is 0.921. The molecular formula is C23H21N3O3. The van der Waals surface area contributed by atoms with Gasteiger partial charge in [-0.3, -0.25) is 14.8 Å². The van der Waals surface area contributed by atoms with Crippen LogP contribution in [-0.2, 0) is 24.3 Å². The first kappa shape index (κ1) is 18.7. The molecule has 29 heavy (non-hydrogen) atoms. The first-order valence-electron chi connectivity index (χ1n) is 9.32. The highest BCUT2D eigenvalue weighted by atomic mass is 16.5. The SMILES string of the molecule is COc1ccc2c(CC(=O)N(Cc3ccncc3)Cc3cccnc3)coc2c1. The number of fused-ring (bicyclic) bond motifs is 1. The first-order valence-corrected chi connectivity index (χ1v) is 9.32. The van der Waals surface area contributed by atoms with Gasteiger partial charge in [-0.15, -0.1) is 0 Å². The molecule has 0 aliphatic rings. The Kier molecular flexibility index (Phi) is 5.52. The van der Waals surface area contributed by atoms with Crippen LogP contribution in [0.3, 0.4) is 0 Å². The number of amides is 1. The zero-order valence-corrected chi connectivity index (χ0v) is 16.1. The van der Waals surface area contributed by atoms with Crippen LogP contribution in [0.5, 0.6) is 5.75 Å².